The van der Waals surface area contributed by atoms with Gasteiger partial charge in [-0.3, -0.25) is 0 Å². The molecule has 1 rings (SSSR count). The topological polar surface area (TPSA) is 43.4 Å². The fourth-order valence-electron chi connectivity index (χ4n) is 1.38. The lowest BCUT2D eigenvalue weighted by Crippen LogP contribution is -1.99. The summed E-state index contributed by atoms with van der Waals surface area (Å²) in [6, 6.07) is 5.09. The molecule has 0 atom stereocenters. The Kier molecular flexibility index (Phi) is 6.32. The number of unbranched alkanes of at least 4 members (excludes halogenated alkanes) is 1. The largest absolute Gasteiger partial charge is 0.492 e. The lowest BCUT2D eigenvalue weighted by atomic mass is 10.3. The van der Waals surface area contributed by atoms with E-state index in [1.54, 1.807) is 30.8 Å². The third-order valence-electron chi connectivity index (χ3n) is 2.24. The van der Waals surface area contributed by atoms with Crippen molar-refractivity contribution in [2.45, 2.75) is 36.5 Å². The summed E-state index contributed by atoms with van der Waals surface area (Å²) in [6.45, 7) is 4.32. The van der Waals surface area contributed by atoms with Crippen LogP contribution in [0.3, 0.4) is 0 Å². The van der Waals surface area contributed by atoms with Gasteiger partial charge in [-0.15, -0.1) is 11.8 Å². The van der Waals surface area contributed by atoms with Crippen LogP contribution in [0.4, 0.5) is 0 Å². The molecule has 0 saturated heterocycles. The minimum atomic E-state index is -3.77. The molecule has 0 spiro atoms. The first-order valence-electron chi connectivity index (χ1n) is 5.83. The molecule has 102 valence electrons. The van der Waals surface area contributed by atoms with Gasteiger partial charge in [-0.2, -0.15) is 0 Å². The van der Waals surface area contributed by atoms with E-state index in [0.717, 1.165) is 23.5 Å². The summed E-state index contributed by atoms with van der Waals surface area (Å²) in [7, 11) is 1.64. The molecule has 3 nitrogen and oxygen atoms in total. The molecule has 18 heavy (non-hydrogen) atoms. The molecule has 0 aliphatic rings. The summed E-state index contributed by atoms with van der Waals surface area (Å²) in [4.78, 5) is 0.943. The Morgan fingerprint density at radius 2 is 2.06 bits per heavy atom. The smallest absolute Gasteiger partial charge is 0.265 e. The van der Waals surface area contributed by atoms with Crippen LogP contribution in [-0.2, 0) is 9.05 Å². The van der Waals surface area contributed by atoms with E-state index in [1.807, 2.05) is 6.07 Å². The van der Waals surface area contributed by atoms with Gasteiger partial charge < -0.3 is 4.74 Å². The van der Waals surface area contributed by atoms with Crippen LogP contribution in [0.5, 0.6) is 5.75 Å². The van der Waals surface area contributed by atoms with Crippen molar-refractivity contribution in [3.63, 3.8) is 0 Å². The van der Waals surface area contributed by atoms with Crippen LogP contribution in [0, 0.1) is 0 Å². The predicted octanol–water partition coefficient (Wildman–Crippen LogP) is 3.91. The maximum atomic E-state index is 11.5. The highest BCUT2D eigenvalue weighted by Gasteiger charge is 2.17. The highest BCUT2D eigenvalue weighted by atomic mass is 35.7. The molecule has 0 amide bonds. The van der Waals surface area contributed by atoms with Gasteiger partial charge in [0.25, 0.3) is 9.05 Å². The second-order valence-electron chi connectivity index (χ2n) is 3.68. The maximum absolute atomic E-state index is 11.5. The van der Waals surface area contributed by atoms with Crippen LogP contribution in [0.2, 0.25) is 0 Å². The number of rotatable bonds is 7. The summed E-state index contributed by atoms with van der Waals surface area (Å²) < 4.78 is 28.2. The Morgan fingerprint density at radius 1 is 1.33 bits per heavy atom. The van der Waals surface area contributed by atoms with Crippen LogP contribution < -0.4 is 4.74 Å². The molecule has 0 unspecified atom stereocenters. The third kappa shape index (κ3) is 4.71. The fraction of sp³-hybridized carbons (Fsp3) is 0.500. The first kappa shape index (κ1) is 15.7. The van der Waals surface area contributed by atoms with E-state index >= 15 is 0 Å². The molecule has 0 aliphatic carbocycles. The Hall–Kier alpha value is -0.390. The molecule has 0 aromatic heterocycles. The molecule has 0 heterocycles. The lowest BCUT2D eigenvalue weighted by molar-refractivity contribution is 0.331. The Balaban J connectivity index is 2.98. The van der Waals surface area contributed by atoms with E-state index in [0.29, 0.717) is 12.4 Å². The van der Waals surface area contributed by atoms with Crippen molar-refractivity contribution >= 4 is 31.5 Å². The number of hydrogen-bond acceptors (Lipinski definition) is 4. The quantitative estimate of drug-likeness (QED) is 0.435. The second kappa shape index (κ2) is 7.26. The fourth-order valence-corrected chi connectivity index (χ4v) is 3.48. The van der Waals surface area contributed by atoms with Crippen LogP contribution in [0.1, 0.15) is 26.7 Å². The molecule has 0 aliphatic heterocycles. The zero-order chi connectivity index (χ0) is 13.6. The average molecular weight is 309 g/mol. The van der Waals surface area contributed by atoms with Crippen molar-refractivity contribution in [2.75, 3.05) is 12.4 Å². The molecular weight excluding hydrogens is 292 g/mol. The summed E-state index contributed by atoms with van der Waals surface area (Å²) >= 11 is 1.62. The molecule has 0 radical (unpaired) electrons. The van der Waals surface area contributed by atoms with Crippen LogP contribution in [0.15, 0.2) is 28.0 Å². The minimum absolute atomic E-state index is 0.0486. The molecule has 6 heteroatoms. The van der Waals surface area contributed by atoms with Crippen LogP contribution in [-0.4, -0.2) is 20.8 Å². The van der Waals surface area contributed by atoms with Gasteiger partial charge in [0.2, 0.25) is 0 Å². The van der Waals surface area contributed by atoms with Crippen LogP contribution in [0.25, 0.3) is 0 Å². The van der Waals surface area contributed by atoms with Gasteiger partial charge in [0.05, 0.1) is 6.61 Å². The molecule has 1 aromatic carbocycles. The first-order chi connectivity index (χ1) is 8.49. The summed E-state index contributed by atoms with van der Waals surface area (Å²) in [5, 5.41) is 0. The van der Waals surface area contributed by atoms with Crippen molar-refractivity contribution in [3.05, 3.63) is 18.2 Å². The van der Waals surface area contributed by atoms with Gasteiger partial charge >= 0.3 is 0 Å². The zero-order valence-electron chi connectivity index (χ0n) is 10.5. The van der Waals surface area contributed by atoms with Crippen molar-refractivity contribution in [1.82, 2.24) is 0 Å². The molecule has 0 saturated carbocycles. The molecule has 0 fully saturated rings. The number of halogens is 1. The summed E-state index contributed by atoms with van der Waals surface area (Å²) in [6.07, 6.45) is 2.21. The van der Waals surface area contributed by atoms with Gasteiger partial charge in [0.1, 0.15) is 10.6 Å². The Bertz CT molecular complexity index is 486. The average Bonchev–Trinajstić information content (AvgIpc) is 2.30. The lowest BCUT2D eigenvalue weighted by Gasteiger charge is -2.09. The molecule has 1 aromatic rings. The van der Waals surface area contributed by atoms with Gasteiger partial charge in [-0.25, -0.2) is 8.42 Å². The van der Waals surface area contributed by atoms with Crippen molar-refractivity contribution in [1.29, 1.82) is 0 Å². The van der Waals surface area contributed by atoms with Crippen molar-refractivity contribution < 1.29 is 13.2 Å². The third-order valence-corrected chi connectivity index (χ3v) is 4.67. The maximum Gasteiger partial charge on any atom is 0.265 e. The number of benzene rings is 1. The molecule has 0 bridgehead atoms. The molecule has 0 N–H and O–H groups in total. The standard InChI is InChI=1S/C12H17ClO3S2/c1-3-5-8-17-10-6-7-11(16-4-2)12(9-10)18(13,14)15/h6-7,9H,3-5,8H2,1-2H3. The number of thioether (sulfide) groups is 1. The van der Waals surface area contributed by atoms with E-state index in [2.05, 4.69) is 6.92 Å². The van der Waals surface area contributed by atoms with Crippen molar-refractivity contribution in [3.8, 4) is 5.75 Å². The van der Waals surface area contributed by atoms with Gasteiger partial charge in [-0.1, -0.05) is 13.3 Å². The molecular formula is C12H17ClO3S2. The second-order valence-corrected chi connectivity index (χ2v) is 7.38. The van der Waals surface area contributed by atoms with E-state index in [4.69, 9.17) is 15.4 Å². The minimum Gasteiger partial charge on any atom is -0.492 e. The number of ether oxygens (including phenoxy) is 1. The monoisotopic (exact) mass is 308 g/mol. The predicted molar refractivity (Wildman–Crippen MR) is 76.3 cm³/mol. The summed E-state index contributed by atoms with van der Waals surface area (Å²) in [5.74, 6) is 1.28. The highest BCUT2D eigenvalue weighted by molar-refractivity contribution is 8.13. The van der Waals surface area contributed by atoms with Crippen LogP contribution >= 0.6 is 22.4 Å². The van der Waals surface area contributed by atoms with E-state index < -0.39 is 9.05 Å². The Morgan fingerprint density at radius 3 is 2.61 bits per heavy atom. The van der Waals surface area contributed by atoms with Gasteiger partial charge in [-0.05, 0) is 37.3 Å². The van der Waals surface area contributed by atoms with E-state index in [-0.39, 0.29) is 4.90 Å². The SMILES string of the molecule is CCCCSc1ccc(OCC)c(S(=O)(=O)Cl)c1. The zero-order valence-corrected chi connectivity index (χ0v) is 12.9. The van der Waals surface area contributed by atoms with E-state index in [1.165, 1.54) is 0 Å². The normalized spacial score (nSPS) is 11.5. The Labute approximate surface area is 117 Å². The highest BCUT2D eigenvalue weighted by Crippen LogP contribution is 2.32. The van der Waals surface area contributed by atoms with Gasteiger partial charge in [0, 0.05) is 15.6 Å². The summed E-state index contributed by atoms with van der Waals surface area (Å²) in [5.41, 5.74) is 0. The van der Waals surface area contributed by atoms with Gasteiger partial charge in [0.15, 0.2) is 0 Å². The van der Waals surface area contributed by atoms with E-state index in [9.17, 15) is 8.42 Å². The first-order valence-corrected chi connectivity index (χ1v) is 9.12. The number of hydrogen-bond donors (Lipinski definition) is 0. The van der Waals surface area contributed by atoms with Crippen molar-refractivity contribution in [2.24, 2.45) is 0 Å².